The van der Waals surface area contributed by atoms with Crippen LogP contribution in [-0.4, -0.2) is 62.4 Å². The molecule has 0 radical (unpaired) electrons. The number of rotatable bonds is 4. The minimum Gasteiger partial charge on any atom is -0.302 e. The van der Waals surface area contributed by atoms with Crippen molar-refractivity contribution < 1.29 is 13.2 Å². The van der Waals surface area contributed by atoms with Crippen molar-refractivity contribution in [3.05, 3.63) is 0 Å². The fourth-order valence-corrected chi connectivity index (χ4v) is 4.34. The largest absolute Gasteiger partial charge is 0.302 e. The van der Waals surface area contributed by atoms with Crippen LogP contribution >= 0.6 is 0 Å². The van der Waals surface area contributed by atoms with E-state index in [1.54, 1.807) is 11.2 Å². The topological polar surface area (TPSA) is 57.7 Å². The maximum Gasteiger partial charge on any atom is 0.211 e. The third kappa shape index (κ3) is 4.27. The van der Waals surface area contributed by atoms with Gasteiger partial charge in [-0.05, 0) is 45.1 Å². The zero-order chi connectivity index (χ0) is 14.8. The summed E-state index contributed by atoms with van der Waals surface area (Å²) >= 11 is 0. The Bertz CT molecular complexity index is 449. The van der Waals surface area contributed by atoms with Crippen LogP contribution in [0, 0.1) is 11.8 Å². The van der Waals surface area contributed by atoms with Crippen LogP contribution in [0.2, 0.25) is 0 Å². The molecule has 2 rings (SSSR count). The average molecular weight is 302 g/mol. The van der Waals surface area contributed by atoms with Crippen molar-refractivity contribution in [1.29, 1.82) is 0 Å². The molecule has 2 heterocycles. The first kappa shape index (κ1) is 15.9. The summed E-state index contributed by atoms with van der Waals surface area (Å²) in [5.41, 5.74) is 0. The van der Waals surface area contributed by atoms with Gasteiger partial charge in [0.1, 0.15) is 5.78 Å². The number of sulfonamides is 1. The van der Waals surface area contributed by atoms with Crippen LogP contribution in [0.15, 0.2) is 0 Å². The average Bonchev–Trinajstić information content (AvgIpc) is 2.38. The van der Waals surface area contributed by atoms with Crippen molar-refractivity contribution in [2.75, 3.05) is 39.0 Å². The summed E-state index contributed by atoms with van der Waals surface area (Å²) in [5, 5.41) is 0. The number of piperidine rings is 2. The molecular weight excluding hydrogens is 276 g/mol. The monoisotopic (exact) mass is 302 g/mol. The van der Waals surface area contributed by atoms with Gasteiger partial charge in [-0.2, -0.15) is 0 Å². The molecule has 2 atom stereocenters. The van der Waals surface area contributed by atoms with Crippen molar-refractivity contribution in [3.63, 3.8) is 0 Å². The van der Waals surface area contributed by atoms with Gasteiger partial charge in [0, 0.05) is 32.1 Å². The van der Waals surface area contributed by atoms with Gasteiger partial charge in [0.25, 0.3) is 0 Å². The molecule has 2 unspecified atom stereocenters. The molecule has 116 valence electrons. The molecule has 2 aliphatic heterocycles. The maximum atomic E-state index is 11.6. The fraction of sp³-hybridized carbons (Fsp3) is 0.929. The van der Waals surface area contributed by atoms with E-state index < -0.39 is 10.0 Å². The van der Waals surface area contributed by atoms with Crippen LogP contribution in [-0.2, 0) is 14.8 Å². The van der Waals surface area contributed by atoms with E-state index in [2.05, 4.69) is 4.90 Å². The van der Waals surface area contributed by atoms with Crippen LogP contribution < -0.4 is 0 Å². The predicted octanol–water partition coefficient (Wildman–Crippen LogP) is 0.959. The van der Waals surface area contributed by atoms with Crippen LogP contribution in [0.5, 0.6) is 0 Å². The zero-order valence-corrected chi connectivity index (χ0v) is 13.4. The van der Waals surface area contributed by atoms with Gasteiger partial charge in [0.2, 0.25) is 10.0 Å². The highest BCUT2D eigenvalue weighted by atomic mass is 32.2. The van der Waals surface area contributed by atoms with Crippen LogP contribution in [0.1, 0.15) is 32.6 Å². The van der Waals surface area contributed by atoms with E-state index in [1.807, 2.05) is 0 Å². The number of hydrogen-bond acceptors (Lipinski definition) is 4. The molecule has 0 saturated carbocycles. The lowest BCUT2D eigenvalue weighted by Crippen LogP contribution is -2.46. The molecule has 0 N–H and O–H groups in total. The Labute approximate surface area is 122 Å². The summed E-state index contributed by atoms with van der Waals surface area (Å²) in [6, 6.07) is 0. The summed E-state index contributed by atoms with van der Waals surface area (Å²) < 4.78 is 24.9. The fourth-order valence-electron chi connectivity index (χ4n) is 3.40. The summed E-state index contributed by atoms with van der Waals surface area (Å²) in [4.78, 5) is 13.9. The first-order chi connectivity index (χ1) is 9.36. The lowest BCUT2D eigenvalue weighted by Gasteiger charge is -2.37. The second-order valence-electron chi connectivity index (χ2n) is 6.34. The van der Waals surface area contributed by atoms with Gasteiger partial charge in [-0.3, -0.25) is 4.79 Å². The van der Waals surface area contributed by atoms with Gasteiger partial charge >= 0.3 is 0 Å². The Morgan fingerprint density at radius 3 is 2.50 bits per heavy atom. The Balaban J connectivity index is 1.88. The molecule has 2 saturated heterocycles. The normalized spacial score (nSPS) is 30.3. The third-order valence-electron chi connectivity index (χ3n) is 4.55. The zero-order valence-electron chi connectivity index (χ0n) is 12.5. The molecule has 0 bridgehead atoms. The van der Waals surface area contributed by atoms with E-state index in [0.717, 1.165) is 45.3 Å². The Morgan fingerprint density at radius 2 is 1.85 bits per heavy atom. The molecule has 0 amide bonds. The molecule has 0 aliphatic carbocycles. The second kappa shape index (κ2) is 6.54. The Morgan fingerprint density at radius 1 is 1.15 bits per heavy atom. The van der Waals surface area contributed by atoms with Gasteiger partial charge in [-0.1, -0.05) is 0 Å². The van der Waals surface area contributed by atoms with Crippen LogP contribution in [0.3, 0.4) is 0 Å². The number of nitrogens with zero attached hydrogens (tertiary/aromatic N) is 2. The van der Waals surface area contributed by atoms with Crippen LogP contribution in [0.25, 0.3) is 0 Å². The van der Waals surface area contributed by atoms with Crippen molar-refractivity contribution >= 4 is 15.8 Å². The molecule has 0 spiro atoms. The summed E-state index contributed by atoms with van der Waals surface area (Å²) in [5.74, 6) is 0.874. The number of hydrogen-bond donors (Lipinski definition) is 0. The molecule has 0 aromatic heterocycles. The quantitative estimate of drug-likeness (QED) is 0.776. The number of carbonyl (C=O) groups excluding carboxylic acids is 1. The molecular formula is C14H26N2O3S. The van der Waals surface area contributed by atoms with Gasteiger partial charge in [0.05, 0.1) is 6.26 Å². The van der Waals surface area contributed by atoms with Gasteiger partial charge < -0.3 is 4.90 Å². The Hall–Kier alpha value is -0.460. The molecule has 0 aromatic rings. The smallest absolute Gasteiger partial charge is 0.211 e. The predicted molar refractivity (Wildman–Crippen MR) is 79.0 cm³/mol. The lowest BCUT2D eigenvalue weighted by molar-refractivity contribution is -0.122. The highest BCUT2D eigenvalue weighted by Gasteiger charge is 2.29. The minimum absolute atomic E-state index is 0.179. The van der Waals surface area contributed by atoms with Gasteiger partial charge in [-0.15, -0.1) is 0 Å². The summed E-state index contributed by atoms with van der Waals surface area (Å²) in [6.07, 6.45) is 5.41. The summed E-state index contributed by atoms with van der Waals surface area (Å²) in [6.45, 7) is 5.80. The van der Waals surface area contributed by atoms with Crippen molar-refractivity contribution in [2.24, 2.45) is 11.8 Å². The van der Waals surface area contributed by atoms with Gasteiger partial charge in [0.15, 0.2) is 0 Å². The molecule has 2 fully saturated rings. The number of Topliss-reactive ketones (excluding diaryl/α,β-unsaturated/α-hetero) is 1. The maximum absolute atomic E-state index is 11.6. The SMILES string of the molecule is CC(=O)C1CCCN(CC2CCCN(S(C)(=O)=O)C2)C1. The highest BCUT2D eigenvalue weighted by molar-refractivity contribution is 7.88. The Kier molecular flexibility index (Phi) is 5.20. The second-order valence-corrected chi connectivity index (χ2v) is 8.32. The number of ketones is 1. The van der Waals surface area contributed by atoms with E-state index in [4.69, 9.17) is 0 Å². The van der Waals surface area contributed by atoms with Crippen molar-refractivity contribution in [2.45, 2.75) is 32.6 Å². The first-order valence-electron chi connectivity index (χ1n) is 7.54. The molecule has 5 nitrogen and oxygen atoms in total. The van der Waals surface area contributed by atoms with E-state index in [0.29, 0.717) is 19.0 Å². The highest BCUT2D eigenvalue weighted by Crippen LogP contribution is 2.23. The van der Waals surface area contributed by atoms with Crippen molar-refractivity contribution in [3.8, 4) is 0 Å². The molecule has 0 aromatic carbocycles. The van der Waals surface area contributed by atoms with Crippen molar-refractivity contribution in [1.82, 2.24) is 9.21 Å². The molecule has 2 aliphatic rings. The molecule has 20 heavy (non-hydrogen) atoms. The van der Waals surface area contributed by atoms with E-state index in [-0.39, 0.29) is 11.7 Å². The van der Waals surface area contributed by atoms with Crippen LogP contribution in [0.4, 0.5) is 0 Å². The number of likely N-dealkylation sites (tertiary alicyclic amines) is 1. The van der Waals surface area contributed by atoms with E-state index >= 15 is 0 Å². The number of carbonyl (C=O) groups is 1. The first-order valence-corrected chi connectivity index (χ1v) is 9.39. The third-order valence-corrected chi connectivity index (χ3v) is 5.82. The lowest BCUT2D eigenvalue weighted by atomic mass is 9.92. The van der Waals surface area contributed by atoms with Gasteiger partial charge in [-0.25, -0.2) is 12.7 Å². The minimum atomic E-state index is -3.06. The van der Waals surface area contributed by atoms with E-state index in [9.17, 15) is 13.2 Å². The van der Waals surface area contributed by atoms with E-state index in [1.165, 1.54) is 6.26 Å². The molecule has 6 heteroatoms. The summed E-state index contributed by atoms with van der Waals surface area (Å²) in [7, 11) is -3.06. The standard InChI is InChI=1S/C14H26N2O3S/c1-12(17)14-6-4-7-15(11-14)9-13-5-3-8-16(10-13)20(2,18)19/h13-14H,3-11H2,1-2H3.